The molecule has 2 heterocycles. The van der Waals surface area contributed by atoms with E-state index in [0.717, 1.165) is 63.0 Å². The molecule has 3 amide bonds. The number of ether oxygens (including phenoxy) is 6. The van der Waals surface area contributed by atoms with Gasteiger partial charge in [0, 0.05) is 46.6 Å². The fraction of sp³-hybridized carbons (Fsp3) is 0.553. The van der Waals surface area contributed by atoms with Crippen LogP contribution in [0.5, 0.6) is 0 Å². The fourth-order valence-corrected chi connectivity index (χ4v) is 8.89. The van der Waals surface area contributed by atoms with Crippen molar-refractivity contribution in [3.63, 3.8) is 0 Å². The molecule has 2 aliphatic heterocycles. The SMILES string of the molecule is CC(=O)OC[C@H]1O[C@@H](NC(=S)N(C(=O)CN(C(=O)[C@H]2Cc3ccccc3CN2C(=O)OC(C)(C)C)C2CCCCC2)[C@@H](Cc2ccccc2)C(=O)O)[C@H](OC(C)=O)[C@@H](OC(C)=O)[C@@H]1OC(C)=O. The Hall–Kier alpha value is -6.15. The number of hydrogen-bond donors (Lipinski definition) is 2. The minimum absolute atomic E-state index is 0.0578. The van der Waals surface area contributed by atoms with Crippen LogP contribution < -0.4 is 5.32 Å². The topological polar surface area (TPSA) is 234 Å². The van der Waals surface area contributed by atoms with Crippen molar-refractivity contribution in [3.8, 4) is 0 Å². The highest BCUT2D eigenvalue weighted by Gasteiger charge is 2.53. The molecule has 2 aromatic carbocycles. The van der Waals surface area contributed by atoms with Gasteiger partial charge in [-0.2, -0.15) is 0 Å². The van der Waals surface area contributed by atoms with Gasteiger partial charge in [-0.3, -0.25) is 38.6 Å². The van der Waals surface area contributed by atoms with Crippen LogP contribution in [0.3, 0.4) is 0 Å². The average Bonchev–Trinajstić information content (AvgIpc) is 3.25. The van der Waals surface area contributed by atoms with Crippen LogP contribution in [-0.2, 0) is 81.4 Å². The zero-order chi connectivity index (χ0) is 49.2. The number of benzene rings is 2. The summed E-state index contributed by atoms with van der Waals surface area (Å²) in [6.45, 7) is 8.25. The number of esters is 4. The van der Waals surface area contributed by atoms with E-state index in [1.165, 1.54) is 9.80 Å². The Kier molecular flexibility index (Phi) is 17.8. The third-order valence-electron chi connectivity index (χ3n) is 11.4. The van der Waals surface area contributed by atoms with Crippen molar-refractivity contribution in [1.29, 1.82) is 0 Å². The molecule has 1 saturated carbocycles. The molecule has 67 heavy (non-hydrogen) atoms. The van der Waals surface area contributed by atoms with Crippen molar-refractivity contribution in [3.05, 3.63) is 71.3 Å². The summed E-state index contributed by atoms with van der Waals surface area (Å²) in [5, 5.41) is 13.1. The summed E-state index contributed by atoms with van der Waals surface area (Å²) in [6.07, 6.45) is -5.33. The van der Waals surface area contributed by atoms with E-state index in [9.17, 15) is 33.9 Å². The van der Waals surface area contributed by atoms with E-state index >= 15 is 9.59 Å². The summed E-state index contributed by atoms with van der Waals surface area (Å²) in [5.41, 5.74) is 1.27. The Morgan fingerprint density at radius 3 is 1.97 bits per heavy atom. The molecule has 1 saturated heterocycles. The highest BCUT2D eigenvalue weighted by Crippen LogP contribution is 2.32. The van der Waals surface area contributed by atoms with Crippen molar-refractivity contribution < 1.29 is 71.9 Å². The first kappa shape index (κ1) is 51.8. The first-order valence-electron chi connectivity index (χ1n) is 22.2. The normalized spacial score (nSPS) is 22.1. The van der Waals surface area contributed by atoms with Crippen molar-refractivity contribution >= 4 is 65.1 Å². The van der Waals surface area contributed by atoms with Crippen LogP contribution in [0.15, 0.2) is 54.6 Å². The summed E-state index contributed by atoms with van der Waals surface area (Å²) in [6, 6.07) is 12.6. The minimum Gasteiger partial charge on any atom is -0.480 e. The molecule has 0 bridgehead atoms. The van der Waals surface area contributed by atoms with Crippen molar-refractivity contribution in [1.82, 2.24) is 20.0 Å². The molecule has 0 radical (unpaired) electrons. The van der Waals surface area contributed by atoms with Crippen LogP contribution in [0.4, 0.5) is 4.79 Å². The van der Waals surface area contributed by atoms with Gasteiger partial charge in [0.2, 0.25) is 11.8 Å². The standard InChI is InChI=1S/C47H60N4O15S/c1-27(52)61-26-37-39(62-28(2)53)40(63-29(3)54)41(64-30(4)55)42(65-37)48-45(67)51(36(44(58)59)22-31-16-10-8-11-17-31)38(56)25-49(34-20-12-9-13-21-34)43(57)35-23-32-18-14-15-19-33(32)24-50(35)46(60)66-47(5,6)7/h8,10-11,14-19,34-37,39-42H,9,12-13,20-26H2,1-7H3,(H,48,67)(H,58,59)/t35-,36+,37-,39-,40+,41-,42-/m1/s1. The predicted octanol–water partition coefficient (Wildman–Crippen LogP) is 3.99. The Balaban J connectivity index is 1.58. The van der Waals surface area contributed by atoms with Crippen LogP contribution >= 0.6 is 12.2 Å². The highest BCUT2D eigenvalue weighted by atomic mass is 32.1. The lowest BCUT2D eigenvalue weighted by Crippen LogP contribution is -2.68. The Bertz CT molecular complexity index is 2160. The van der Waals surface area contributed by atoms with E-state index in [0.29, 0.717) is 18.4 Å². The first-order valence-corrected chi connectivity index (χ1v) is 22.6. The summed E-state index contributed by atoms with van der Waals surface area (Å²) >= 11 is 5.89. The van der Waals surface area contributed by atoms with E-state index in [1.54, 1.807) is 51.1 Å². The summed E-state index contributed by atoms with van der Waals surface area (Å²) in [4.78, 5) is 111. The van der Waals surface area contributed by atoms with Gasteiger partial charge in [0.1, 0.15) is 36.9 Å². The molecule has 19 nitrogen and oxygen atoms in total. The van der Waals surface area contributed by atoms with Crippen molar-refractivity contribution in [2.24, 2.45) is 0 Å². The number of hydrogen-bond acceptors (Lipinski definition) is 15. The summed E-state index contributed by atoms with van der Waals surface area (Å²) in [7, 11) is 0. The number of rotatable bonds is 14. The van der Waals surface area contributed by atoms with Gasteiger partial charge in [-0.1, -0.05) is 73.9 Å². The number of amides is 3. The minimum atomic E-state index is -1.72. The van der Waals surface area contributed by atoms with Crippen LogP contribution in [0.25, 0.3) is 0 Å². The number of carbonyl (C=O) groups excluding carboxylic acids is 7. The second kappa shape index (κ2) is 23.0. The smallest absolute Gasteiger partial charge is 0.411 e. The molecule has 2 fully saturated rings. The number of carbonyl (C=O) groups is 8. The summed E-state index contributed by atoms with van der Waals surface area (Å²) < 4.78 is 33.8. The van der Waals surface area contributed by atoms with Crippen molar-refractivity contribution in [2.45, 2.75) is 154 Å². The molecule has 1 aliphatic carbocycles. The lowest BCUT2D eigenvalue weighted by molar-refractivity contribution is -0.255. The lowest BCUT2D eigenvalue weighted by Gasteiger charge is -2.45. The average molecular weight is 953 g/mol. The number of fused-ring (bicyclic) bond motifs is 1. The molecular formula is C47H60N4O15S. The van der Waals surface area contributed by atoms with Crippen LogP contribution in [0.2, 0.25) is 0 Å². The molecule has 7 atom stereocenters. The third kappa shape index (κ3) is 14.2. The zero-order valence-electron chi connectivity index (χ0n) is 38.8. The van der Waals surface area contributed by atoms with E-state index in [1.807, 2.05) is 24.3 Å². The molecule has 364 valence electrons. The van der Waals surface area contributed by atoms with Crippen molar-refractivity contribution in [2.75, 3.05) is 13.2 Å². The number of carboxylic acids is 1. The molecule has 0 spiro atoms. The second-order valence-corrected chi connectivity index (χ2v) is 18.1. The van der Waals surface area contributed by atoms with E-state index in [-0.39, 0.29) is 19.4 Å². The van der Waals surface area contributed by atoms with Gasteiger partial charge < -0.3 is 43.7 Å². The van der Waals surface area contributed by atoms with E-state index < -0.39 is 120 Å². The quantitative estimate of drug-likeness (QED) is 0.155. The van der Waals surface area contributed by atoms with E-state index in [2.05, 4.69) is 5.32 Å². The number of carboxylic acid groups (broad SMARTS) is 1. The highest BCUT2D eigenvalue weighted by molar-refractivity contribution is 7.80. The largest absolute Gasteiger partial charge is 0.480 e. The number of nitrogens with zero attached hydrogens (tertiary/aromatic N) is 3. The third-order valence-corrected chi connectivity index (χ3v) is 11.7. The molecule has 2 aromatic rings. The predicted molar refractivity (Wildman–Crippen MR) is 240 cm³/mol. The molecule has 5 rings (SSSR count). The monoisotopic (exact) mass is 952 g/mol. The Labute approximate surface area is 394 Å². The number of thiocarbonyl (C=S) groups is 1. The zero-order valence-corrected chi connectivity index (χ0v) is 39.6. The molecule has 0 unspecified atom stereocenters. The molecule has 3 aliphatic rings. The maximum Gasteiger partial charge on any atom is 0.411 e. The summed E-state index contributed by atoms with van der Waals surface area (Å²) in [5.74, 6) is -6.34. The Morgan fingerprint density at radius 1 is 0.806 bits per heavy atom. The van der Waals surface area contributed by atoms with Gasteiger partial charge in [-0.15, -0.1) is 0 Å². The van der Waals surface area contributed by atoms with Gasteiger partial charge in [0.15, 0.2) is 29.7 Å². The first-order chi connectivity index (χ1) is 31.6. The van der Waals surface area contributed by atoms with Crippen LogP contribution in [0, 0.1) is 0 Å². The Morgan fingerprint density at radius 2 is 1.39 bits per heavy atom. The van der Waals surface area contributed by atoms with Gasteiger partial charge >= 0.3 is 35.9 Å². The van der Waals surface area contributed by atoms with Gasteiger partial charge in [-0.05, 0) is 62.5 Å². The lowest BCUT2D eigenvalue weighted by atomic mass is 9.90. The van der Waals surface area contributed by atoms with Gasteiger partial charge in [-0.25, -0.2) is 9.59 Å². The van der Waals surface area contributed by atoms with E-state index in [4.69, 9.17) is 40.6 Å². The van der Waals surface area contributed by atoms with Crippen LogP contribution in [0.1, 0.15) is 97.3 Å². The molecular weight excluding hydrogens is 893 g/mol. The maximum absolute atomic E-state index is 15.2. The molecule has 2 N–H and O–H groups in total. The number of aliphatic carboxylic acids is 1. The fourth-order valence-electron chi connectivity index (χ4n) is 8.54. The maximum atomic E-state index is 15.2. The second-order valence-electron chi connectivity index (χ2n) is 17.7. The number of nitrogens with one attached hydrogen (secondary N) is 1. The molecule has 0 aromatic heterocycles. The molecule has 20 heteroatoms. The van der Waals surface area contributed by atoms with Gasteiger partial charge in [0.05, 0.1) is 6.54 Å². The van der Waals surface area contributed by atoms with Gasteiger partial charge in [0.25, 0.3) is 0 Å². The van der Waals surface area contributed by atoms with Crippen LogP contribution in [-0.4, -0.2) is 140 Å².